The fraction of sp³-hybridized carbons (Fsp3) is 0.133. The summed E-state index contributed by atoms with van der Waals surface area (Å²) in [4.78, 5) is 0. The van der Waals surface area contributed by atoms with E-state index >= 15 is 0 Å². The van der Waals surface area contributed by atoms with Gasteiger partial charge in [0.05, 0.1) is 0 Å². The quantitative estimate of drug-likeness (QED) is 0.311. The first kappa shape index (κ1) is 19.9. The van der Waals surface area contributed by atoms with Gasteiger partial charge < -0.3 is 0 Å². The lowest BCUT2D eigenvalue weighted by Crippen LogP contribution is -1.99. The molecule has 0 bridgehead atoms. The summed E-state index contributed by atoms with van der Waals surface area (Å²) in [6.45, 7) is 8.72. The molecule has 0 atom stereocenters. The van der Waals surface area contributed by atoms with E-state index in [9.17, 15) is 0 Å². The highest BCUT2D eigenvalue weighted by Gasteiger charge is 2.17. The van der Waals surface area contributed by atoms with Gasteiger partial charge in [-0.15, -0.1) is 0 Å². The van der Waals surface area contributed by atoms with Gasteiger partial charge >= 0.3 is 0 Å². The standard InChI is InChI=1S/C30H28/c1-21-15-22(2)18-27(17-21)30(28-19-23(3)16-24(4)20-28)29(25-11-7-5-8-12-25)26-13-9-6-10-14-26/h5-20H,1-4H3. The van der Waals surface area contributed by atoms with E-state index in [2.05, 4.69) is 125 Å². The van der Waals surface area contributed by atoms with Crippen LogP contribution in [0.5, 0.6) is 0 Å². The Hall–Kier alpha value is -3.38. The van der Waals surface area contributed by atoms with E-state index < -0.39 is 0 Å². The van der Waals surface area contributed by atoms with Crippen LogP contribution in [0.25, 0.3) is 11.1 Å². The zero-order valence-electron chi connectivity index (χ0n) is 18.2. The Morgan fingerprint density at radius 1 is 0.367 bits per heavy atom. The maximum Gasteiger partial charge on any atom is -0.00264 e. The maximum absolute atomic E-state index is 2.31. The van der Waals surface area contributed by atoms with Gasteiger partial charge in [0, 0.05) is 0 Å². The van der Waals surface area contributed by atoms with Crippen molar-refractivity contribution in [3.8, 4) is 0 Å². The average Bonchev–Trinajstić information content (AvgIpc) is 2.71. The van der Waals surface area contributed by atoms with Crippen molar-refractivity contribution >= 4 is 11.1 Å². The molecular formula is C30H28. The largest absolute Gasteiger partial charge is 0.0622 e. The molecule has 30 heavy (non-hydrogen) atoms. The smallest absolute Gasteiger partial charge is 0.00264 e. The van der Waals surface area contributed by atoms with Crippen LogP contribution in [0.4, 0.5) is 0 Å². The van der Waals surface area contributed by atoms with E-state index in [1.807, 2.05) is 0 Å². The van der Waals surface area contributed by atoms with Gasteiger partial charge in [-0.05, 0) is 61.1 Å². The summed E-state index contributed by atoms with van der Waals surface area (Å²) in [6, 6.07) is 35.3. The molecule has 0 saturated heterocycles. The normalized spacial score (nSPS) is 10.7. The summed E-state index contributed by atoms with van der Waals surface area (Å²) in [5.41, 5.74) is 12.7. The summed E-state index contributed by atoms with van der Waals surface area (Å²) < 4.78 is 0. The minimum absolute atomic E-state index is 1.23. The van der Waals surface area contributed by atoms with Crippen molar-refractivity contribution in [1.29, 1.82) is 0 Å². The molecule has 0 fully saturated rings. The van der Waals surface area contributed by atoms with E-state index in [0.29, 0.717) is 0 Å². The molecule has 0 aromatic heterocycles. The van der Waals surface area contributed by atoms with Gasteiger partial charge in [0.15, 0.2) is 0 Å². The Morgan fingerprint density at radius 2 is 0.667 bits per heavy atom. The predicted molar refractivity (Wildman–Crippen MR) is 130 cm³/mol. The molecule has 4 aromatic carbocycles. The first-order chi connectivity index (χ1) is 14.5. The summed E-state index contributed by atoms with van der Waals surface area (Å²) in [5.74, 6) is 0. The third-order valence-electron chi connectivity index (χ3n) is 5.40. The van der Waals surface area contributed by atoms with Gasteiger partial charge in [-0.3, -0.25) is 0 Å². The second-order valence-electron chi connectivity index (χ2n) is 8.23. The minimum atomic E-state index is 1.23. The molecule has 4 rings (SSSR count). The van der Waals surface area contributed by atoms with Crippen molar-refractivity contribution in [2.24, 2.45) is 0 Å². The molecule has 148 valence electrons. The lowest BCUT2D eigenvalue weighted by atomic mass is 9.84. The van der Waals surface area contributed by atoms with Crippen molar-refractivity contribution in [2.75, 3.05) is 0 Å². The van der Waals surface area contributed by atoms with Crippen LogP contribution >= 0.6 is 0 Å². The van der Waals surface area contributed by atoms with Crippen molar-refractivity contribution in [3.05, 3.63) is 142 Å². The van der Waals surface area contributed by atoms with Crippen LogP contribution in [-0.4, -0.2) is 0 Å². The Morgan fingerprint density at radius 3 is 1.00 bits per heavy atom. The fourth-order valence-corrected chi connectivity index (χ4v) is 4.36. The Labute approximate surface area is 180 Å². The fourth-order valence-electron chi connectivity index (χ4n) is 4.36. The van der Waals surface area contributed by atoms with Gasteiger partial charge in [-0.25, -0.2) is 0 Å². The number of aryl methyl sites for hydroxylation is 4. The molecule has 0 saturated carbocycles. The molecule has 0 aliphatic heterocycles. The van der Waals surface area contributed by atoms with E-state index in [4.69, 9.17) is 0 Å². The topological polar surface area (TPSA) is 0 Å². The molecule has 4 aromatic rings. The number of rotatable bonds is 4. The molecule has 0 heterocycles. The highest BCUT2D eigenvalue weighted by Crippen LogP contribution is 2.38. The van der Waals surface area contributed by atoms with Crippen LogP contribution in [0.3, 0.4) is 0 Å². The van der Waals surface area contributed by atoms with Crippen LogP contribution in [0.15, 0.2) is 97.1 Å². The summed E-state index contributed by atoms with van der Waals surface area (Å²) in [7, 11) is 0. The molecule has 0 unspecified atom stereocenters. The molecule has 0 spiro atoms. The highest BCUT2D eigenvalue weighted by molar-refractivity contribution is 6.04. The van der Waals surface area contributed by atoms with E-state index in [0.717, 1.165) is 0 Å². The maximum atomic E-state index is 2.31. The molecule has 0 N–H and O–H groups in total. The molecule has 0 aliphatic rings. The van der Waals surface area contributed by atoms with Gasteiger partial charge in [-0.2, -0.15) is 0 Å². The van der Waals surface area contributed by atoms with Crippen LogP contribution in [0.2, 0.25) is 0 Å². The van der Waals surface area contributed by atoms with Gasteiger partial charge in [0.25, 0.3) is 0 Å². The second kappa shape index (κ2) is 8.55. The van der Waals surface area contributed by atoms with Crippen molar-refractivity contribution in [3.63, 3.8) is 0 Å². The first-order valence-electron chi connectivity index (χ1n) is 10.5. The van der Waals surface area contributed by atoms with Crippen LogP contribution < -0.4 is 0 Å². The van der Waals surface area contributed by atoms with Gasteiger partial charge in [0.1, 0.15) is 0 Å². The summed E-state index contributed by atoms with van der Waals surface area (Å²) in [6.07, 6.45) is 0. The Kier molecular flexibility index (Phi) is 5.68. The zero-order chi connectivity index (χ0) is 21.1. The van der Waals surface area contributed by atoms with Crippen molar-refractivity contribution in [1.82, 2.24) is 0 Å². The number of benzene rings is 4. The van der Waals surface area contributed by atoms with E-state index in [1.165, 1.54) is 55.7 Å². The molecule has 0 nitrogen and oxygen atoms in total. The second-order valence-corrected chi connectivity index (χ2v) is 8.23. The van der Waals surface area contributed by atoms with Gasteiger partial charge in [-0.1, -0.05) is 119 Å². The van der Waals surface area contributed by atoms with Crippen molar-refractivity contribution in [2.45, 2.75) is 27.7 Å². The van der Waals surface area contributed by atoms with E-state index in [-0.39, 0.29) is 0 Å². The third-order valence-corrected chi connectivity index (χ3v) is 5.40. The summed E-state index contributed by atoms with van der Waals surface area (Å²) >= 11 is 0. The predicted octanol–water partition coefficient (Wildman–Crippen LogP) is 7.93. The Balaban J connectivity index is 2.16. The molecule has 0 heteroatoms. The van der Waals surface area contributed by atoms with Crippen LogP contribution in [0, 0.1) is 27.7 Å². The SMILES string of the molecule is Cc1cc(C)cc(C(=C(c2ccccc2)c2ccccc2)c2cc(C)cc(C)c2)c1. The molecule has 0 radical (unpaired) electrons. The summed E-state index contributed by atoms with van der Waals surface area (Å²) in [5, 5.41) is 0. The van der Waals surface area contributed by atoms with E-state index in [1.54, 1.807) is 0 Å². The van der Waals surface area contributed by atoms with Crippen LogP contribution in [-0.2, 0) is 0 Å². The zero-order valence-corrected chi connectivity index (χ0v) is 18.2. The van der Waals surface area contributed by atoms with Crippen molar-refractivity contribution < 1.29 is 0 Å². The molecular weight excluding hydrogens is 360 g/mol. The van der Waals surface area contributed by atoms with Crippen LogP contribution in [0.1, 0.15) is 44.5 Å². The average molecular weight is 389 g/mol. The van der Waals surface area contributed by atoms with Gasteiger partial charge in [0.2, 0.25) is 0 Å². The minimum Gasteiger partial charge on any atom is -0.0622 e. The number of hydrogen-bond acceptors (Lipinski definition) is 0. The lowest BCUT2D eigenvalue weighted by Gasteiger charge is -2.20. The monoisotopic (exact) mass is 388 g/mol. The lowest BCUT2D eigenvalue weighted by molar-refractivity contribution is 1.34. The molecule has 0 aliphatic carbocycles. The highest BCUT2D eigenvalue weighted by atomic mass is 14.2. The molecule has 0 amide bonds. The third kappa shape index (κ3) is 4.28. The Bertz CT molecular complexity index is 1060. The first-order valence-corrected chi connectivity index (χ1v) is 10.5. The number of hydrogen-bond donors (Lipinski definition) is 0.